The van der Waals surface area contributed by atoms with E-state index in [9.17, 15) is 9.18 Å². The lowest BCUT2D eigenvalue weighted by Crippen LogP contribution is -2.23. The summed E-state index contributed by atoms with van der Waals surface area (Å²) in [7, 11) is 3.29. The van der Waals surface area contributed by atoms with Gasteiger partial charge in [0.1, 0.15) is 0 Å². The fourth-order valence-corrected chi connectivity index (χ4v) is 1.16. The van der Waals surface area contributed by atoms with Crippen molar-refractivity contribution in [1.29, 1.82) is 5.26 Å². The first kappa shape index (κ1) is 13.0. The van der Waals surface area contributed by atoms with E-state index >= 15 is 0 Å². The van der Waals surface area contributed by atoms with Crippen LogP contribution in [-0.2, 0) is 4.79 Å². The van der Waals surface area contributed by atoms with Crippen LogP contribution >= 0.6 is 0 Å². The van der Waals surface area contributed by atoms with E-state index in [4.69, 9.17) is 10.00 Å². The van der Waals surface area contributed by atoms with Crippen molar-refractivity contribution in [3.05, 3.63) is 29.6 Å². The molecule has 17 heavy (non-hydrogen) atoms. The smallest absolute Gasteiger partial charge is 0.225 e. The summed E-state index contributed by atoms with van der Waals surface area (Å²) in [5.41, 5.74) is 0.235. The second kappa shape index (κ2) is 5.85. The SMILES string of the molecule is CN(C)C(=O)CCOc1ccc(C#N)cc1F. The molecule has 0 aliphatic rings. The zero-order valence-corrected chi connectivity index (χ0v) is 9.74. The third-order valence-electron chi connectivity index (χ3n) is 2.13. The first-order valence-electron chi connectivity index (χ1n) is 5.07. The van der Waals surface area contributed by atoms with E-state index in [1.807, 2.05) is 6.07 Å². The Hall–Kier alpha value is -2.09. The number of carbonyl (C=O) groups excluding carboxylic acids is 1. The summed E-state index contributed by atoms with van der Waals surface area (Å²) in [5.74, 6) is -0.629. The van der Waals surface area contributed by atoms with E-state index in [-0.39, 0.29) is 30.2 Å². The molecule has 0 fully saturated rings. The van der Waals surface area contributed by atoms with E-state index in [2.05, 4.69) is 0 Å². The van der Waals surface area contributed by atoms with Gasteiger partial charge >= 0.3 is 0 Å². The minimum Gasteiger partial charge on any atom is -0.490 e. The lowest BCUT2D eigenvalue weighted by atomic mass is 10.2. The third-order valence-corrected chi connectivity index (χ3v) is 2.13. The lowest BCUT2D eigenvalue weighted by Gasteiger charge is -2.11. The molecule has 0 saturated carbocycles. The van der Waals surface area contributed by atoms with Crippen LogP contribution in [0.5, 0.6) is 5.75 Å². The molecule has 0 saturated heterocycles. The van der Waals surface area contributed by atoms with Gasteiger partial charge in [0.15, 0.2) is 11.6 Å². The van der Waals surface area contributed by atoms with Crippen LogP contribution in [0, 0.1) is 17.1 Å². The summed E-state index contributed by atoms with van der Waals surface area (Å²) < 4.78 is 18.5. The molecule has 4 nitrogen and oxygen atoms in total. The first-order valence-corrected chi connectivity index (χ1v) is 5.07. The van der Waals surface area contributed by atoms with Gasteiger partial charge in [-0.1, -0.05) is 0 Å². The molecule has 1 aromatic carbocycles. The maximum atomic E-state index is 13.3. The van der Waals surface area contributed by atoms with Gasteiger partial charge in [-0.3, -0.25) is 4.79 Å². The van der Waals surface area contributed by atoms with E-state index in [0.29, 0.717) is 0 Å². The average molecular weight is 236 g/mol. The average Bonchev–Trinajstić information content (AvgIpc) is 2.30. The van der Waals surface area contributed by atoms with E-state index in [0.717, 1.165) is 6.07 Å². The number of ether oxygens (including phenoxy) is 1. The Morgan fingerprint density at radius 3 is 2.76 bits per heavy atom. The molecule has 1 aromatic rings. The van der Waals surface area contributed by atoms with E-state index < -0.39 is 5.82 Å². The zero-order chi connectivity index (χ0) is 12.8. The standard InChI is InChI=1S/C12H13FN2O2/c1-15(2)12(16)5-6-17-11-4-3-9(8-14)7-10(11)13/h3-4,7H,5-6H2,1-2H3. The summed E-state index contributed by atoms with van der Waals surface area (Å²) in [6, 6.07) is 5.78. The van der Waals surface area contributed by atoms with Crippen LogP contribution in [-0.4, -0.2) is 31.5 Å². The Balaban J connectivity index is 2.53. The fourth-order valence-electron chi connectivity index (χ4n) is 1.16. The van der Waals surface area contributed by atoms with Gasteiger partial charge < -0.3 is 9.64 Å². The molecule has 0 radical (unpaired) electrons. The topological polar surface area (TPSA) is 53.3 Å². The second-order valence-corrected chi connectivity index (χ2v) is 3.64. The molecule has 0 atom stereocenters. The molecule has 0 spiro atoms. The molecule has 0 N–H and O–H groups in total. The number of nitriles is 1. The summed E-state index contributed by atoms with van der Waals surface area (Å²) >= 11 is 0. The van der Waals surface area contributed by atoms with E-state index in [1.165, 1.54) is 17.0 Å². The number of amides is 1. The molecule has 0 aliphatic heterocycles. The van der Waals surface area contributed by atoms with Crippen molar-refractivity contribution in [2.24, 2.45) is 0 Å². The van der Waals surface area contributed by atoms with Crippen molar-refractivity contribution in [3.8, 4) is 11.8 Å². The van der Waals surface area contributed by atoms with Crippen LogP contribution in [0.3, 0.4) is 0 Å². The molecule has 90 valence electrons. The Bertz CT molecular complexity index is 452. The predicted octanol–water partition coefficient (Wildman–Crippen LogP) is 1.55. The first-order chi connectivity index (χ1) is 8.04. The molecular weight excluding hydrogens is 223 g/mol. The van der Waals surface area contributed by atoms with Crippen LogP contribution in [0.25, 0.3) is 0 Å². The highest BCUT2D eigenvalue weighted by Gasteiger charge is 2.07. The molecule has 1 amide bonds. The number of hydrogen-bond donors (Lipinski definition) is 0. The minimum atomic E-state index is -0.596. The monoisotopic (exact) mass is 236 g/mol. The van der Waals surface area contributed by atoms with Gasteiger partial charge in [0.2, 0.25) is 5.91 Å². The number of rotatable bonds is 4. The van der Waals surface area contributed by atoms with Gasteiger partial charge in [-0.05, 0) is 18.2 Å². The lowest BCUT2D eigenvalue weighted by molar-refractivity contribution is -0.129. The van der Waals surface area contributed by atoms with Gasteiger partial charge in [0, 0.05) is 14.1 Å². The largest absolute Gasteiger partial charge is 0.490 e. The molecule has 5 heteroatoms. The van der Waals surface area contributed by atoms with Crippen molar-refractivity contribution in [3.63, 3.8) is 0 Å². The maximum Gasteiger partial charge on any atom is 0.225 e. The second-order valence-electron chi connectivity index (χ2n) is 3.64. The summed E-state index contributed by atoms with van der Waals surface area (Å²) in [5, 5.41) is 8.56. The highest BCUT2D eigenvalue weighted by Crippen LogP contribution is 2.18. The Labute approximate surface area is 99.2 Å². The van der Waals surface area contributed by atoms with Crippen molar-refractivity contribution in [2.75, 3.05) is 20.7 Å². The fraction of sp³-hybridized carbons (Fsp3) is 0.333. The summed E-state index contributed by atoms with van der Waals surface area (Å²) in [6.07, 6.45) is 0.187. The van der Waals surface area contributed by atoms with E-state index in [1.54, 1.807) is 14.1 Å². The van der Waals surface area contributed by atoms with Gasteiger partial charge in [-0.15, -0.1) is 0 Å². The van der Waals surface area contributed by atoms with Crippen LogP contribution in [0.15, 0.2) is 18.2 Å². The number of carbonyl (C=O) groups is 1. The maximum absolute atomic E-state index is 13.3. The highest BCUT2D eigenvalue weighted by atomic mass is 19.1. The van der Waals surface area contributed by atoms with Crippen molar-refractivity contribution in [1.82, 2.24) is 4.90 Å². The molecule has 1 rings (SSSR count). The van der Waals surface area contributed by atoms with Gasteiger partial charge in [0.25, 0.3) is 0 Å². The molecule has 0 bridgehead atoms. The Morgan fingerprint density at radius 2 is 2.24 bits per heavy atom. The Morgan fingerprint density at radius 1 is 1.53 bits per heavy atom. The van der Waals surface area contributed by atoms with Gasteiger partial charge in [0.05, 0.1) is 24.7 Å². The zero-order valence-electron chi connectivity index (χ0n) is 9.74. The molecule has 0 aromatic heterocycles. The van der Waals surface area contributed by atoms with Crippen LogP contribution in [0.1, 0.15) is 12.0 Å². The summed E-state index contributed by atoms with van der Waals surface area (Å²) in [6.45, 7) is 0.111. The third kappa shape index (κ3) is 3.76. The molecular formula is C12H13FN2O2. The molecule has 0 heterocycles. The number of benzene rings is 1. The number of nitrogens with zero attached hydrogens (tertiary/aromatic N) is 2. The van der Waals surface area contributed by atoms with Crippen molar-refractivity contribution < 1.29 is 13.9 Å². The number of halogens is 1. The highest BCUT2D eigenvalue weighted by molar-refractivity contribution is 5.75. The predicted molar refractivity (Wildman–Crippen MR) is 59.9 cm³/mol. The summed E-state index contributed by atoms with van der Waals surface area (Å²) in [4.78, 5) is 12.7. The normalized spacial score (nSPS) is 9.53. The van der Waals surface area contributed by atoms with Crippen molar-refractivity contribution in [2.45, 2.75) is 6.42 Å². The van der Waals surface area contributed by atoms with Crippen LogP contribution < -0.4 is 4.74 Å². The molecule has 0 unspecified atom stereocenters. The van der Waals surface area contributed by atoms with Gasteiger partial charge in [-0.2, -0.15) is 5.26 Å². The van der Waals surface area contributed by atoms with Crippen LogP contribution in [0.2, 0.25) is 0 Å². The van der Waals surface area contributed by atoms with Gasteiger partial charge in [-0.25, -0.2) is 4.39 Å². The quantitative estimate of drug-likeness (QED) is 0.797. The number of hydrogen-bond acceptors (Lipinski definition) is 3. The molecule has 0 aliphatic carbocycles. The van der Waals surface area contributed by atoms with Crippen LogP contribution in [0.4, 0.5) is 4.39 Å². The van der Waals surface area contributed by atoms with Crippen molar-refractivity contribution >= 4 is 5.91 Å². The Kier molecular flexibility index (Phi) is 4.46. The minimum absolute atomic E-state index is 0.0514.